The number of methoxy groups -OCH3 is 1. The Balaban J connectivity index is 2.01. The van der Waals surface area contributed by atoms with Crippen molar-refractivity contribution in [3.8, 4) is 11.5 Å². The molecule has 1 aliphatic rings. The summed E-state index contributed by atoms with van der Waals surface area (Å²) in [5, 5.41) is 21.1. The number of nitrogens with one attached hydrogen (secondary N) is 1. The fourth-order valence-corrected chi connectivity index (χ4v) is 1.80. The number of carboxylic acids is 1. The van der Waals surface area contributed by atoms with Crippen molar-refractivity contribution in [1.82, 2.24) is 5.32 Å². The third-order valence-corrected chi connectivity index (χ3v) is 3.34. The van der Waals surface area contributed by atoms with Gasteiger partial charge in [0.15, 0.2) is 11.5 Å². The normalized spacial score (nSPS) is 15.6. The Kier molecular flexibility index (Phi) is 3.33. The third kappa shape index (κ3) is 2.62. The second kappa shape index (κ2) is 4.79. The van der Waals surface area contributed by atoms with Crippen molar-refractivity contribution < 1.29 is 24.5 Å². The summed E-state index contributed by atoms with van der Waals surface area (Å²) in [5.41, 5.74) is -0.538. The standard InChI is InChI=1S/C13H15NO5/c1-19-10-3-2-8(6-9(10)15)11(16)14-7-13(4-5-13)12(17)18/h2-3,6,15H,4-5,7H2,1H3,(H,14,16)(H,17,18). The first-order valence-electron chi connectivity index (χ1n) is 5.87. The Morgan fingerprint density at radius 1 is 1.42 bits per heavy atom. The highest BCUT2D eigenvalue weighted by Gasteiger charge is 2.50. The first kappa shape index (κ1) is 13.2. The summed E-state index contributed by atoms with van der Waals surface area (Å²) in [4.78, 5) is 22.8. The molecule has 0 atom stereocenters. The van der Waals surface area contributed by atoms with Crippen molar-refractivity contribution in [2.75, 3.05) is 13.7 Å². The van der Waals surface area contributed by atoms with Gasteiger partial charge in [-0.15, -0.1) is 0 Å². The summed E-state index contributed by atoms with van der Waals surface area (Å²) in [5.74, 6) is -1.15. The van der Waals surface area contributed by atoms with Crippen LogP contribution in [0.5, 0.6) is 11.5 Å². The summed E-state index contributed by atoms with van der Waals surface area (Å²) in [6.45, 7) is 0.105. The zero-order chi connectivity index (χ0) is 14.0. The van der Waals surface area contributed by atoms with Crippen LogP contribution in [0.15, 0.2) is 18.2 Å². The number of hydrogen-bond donors (Lipinski definition) is 3. The van der Waals surface area contributed by atoms with Gasteiger partial charge in [-0.25, -0.2) is 0 Å². The Bertz CT molecular complexity index is 522. The smallest absolute Gasteiger partial charge is 0.311 e. The van der Waals surface area contributed by atoms with Crippen LogP contribution in [-0.4, -0.2) is 35.7 Å². The number of hydrogen-bond acceptors (Lipinski definition) is 4. The Morgan fingerprint density at radius 2 is 2.11 bits per heavy atom. The minimum absolute atomic E-state index is 0.105. The van der Waals surface area contributed by atoms with Crippen LogP contribution in [0.25, 0.3) is 0 Å². The highest BCUT2D eigenvalue weighted by atomic mass is 16.5. The number of carboxylic acid groups (broad SMARTS) is 1. The van der Waals surface area contributed by atoms with Crippen molar-refractivity contribution in [2.45, 2.75) is 12.8 Å². The molecule has 0 radical (unpaired) electrons. The quantitative estimate of drug-likeness (QED) is 0.738. The molecule has 19 heavy (non-hydrogen) atoms. The first-order valence-corrected chi connectivity index (χ1v) is 5.87. The molecule has 0 spiro atoms. The highest BCUT2D eigenvalue weighted by Crippen LogP contribution is 2.45. The van der Waals surface area contributed by atoms with E-state index >= 15 is 0 Å². The van der Waals surface area contributed by atoms with E-state index in [4.69, 9.17) is 9.84 Å². The second-order valence-electron chi connectivity index (χ2n) is 4.65. The molecule has 0 saturated heterocycles. The maximum atomic E-state index is 11.8. The number of phenolic OH excluding ortho intramolecular Hbond substituents is 1. The largest absolute Gasteiger partial charge is 0.504 e. The van der Waals surface area contributed by atoms with Crippen LogP contribution < -0.4 is 10.1 Å². The van der Waals surface area contributed by atoms with Gasteiger partial charge in [-0.3, -0.25) is 9.59 Å². The average Bonchev–Trinajstić information content (AvgIpc) is 3.17. The zero-order valence-corrected chi connectivity index (χ0v) is 10.5. The lowest BCUT2D eigenvalue weighted by atomic mass is 10.1. The lowest BCUT2D eigenvalue weighted by Gasteiger charge is -2.11. The molecule has 3 N–H and O–H groups in total. The predicted octanol–water partition coefficient (Wildman–Crippen LogP) is 0.995. The number of aliphatic carboxylic acids is 1. The summed E-state index contributed by atoms with van der Waals surface area (Å²) in [6, 6.07) is 4.27. The third-order valence-electron chi connectivity index (χ3n) is 3.34. The molecule has 1 amide bonds. The molecular formula is C13H15NO5. The number of amides is 1. The number of ether oxygens (including phenoxy) is 1. The number of aromatic hydroxyl groups is 1. The van der Waals surface area contributed by atoms with E-state index in [1.807, 2.05) is 0 Å². The van der Waals surface area contributed by atoms with Crippen molar-refractivity contribution >= 4 is 11.9 Å². The molecule has 0 bridgehead atoms. The predicted molar refractivity (Wildman–Crippen MR) is 66.3 cm³/mol. The fraction of sp³-hybridized carbons (Fsp3) is 0.385. The molecule has 6 nitrogen and oxygen atoms in total. The fourth-order valence-electron chi connectivity index (χ4n) is 1.80. The molecule has 0 aromatic heterocycles. The Hall–Kier alpha value is -2.24. The van der Waals surface area contributed by atoms with E-state index in [1.54, 1.807) is 0 Å². The van der Waals surface area contributed by atoms with Crippen LogP contribution in [0.1, 0.15) is 23.2 Å². The van der Waals surface area contributed by atoms with Gasteiger partial charge < -0.3 is 20.3 Å². The van der Waals surface area contributed by atoms with E-state index in [1.165, 1.54) is 25.3 Å². The molecule has 1 fully saturated rings. The average molecular weight is 265 g/mol. The lowest BCUT2D eigenvalue weighted by molar-refractivity contribution is -0.143. The summed E-state index contributed by atoms with van der Waals surface area (Å²) >= 11 is 0. The Morgan fingerprint density at radius 3 is 2.58 bits per heavy atom. The van der Waals surface area contributed by atoms with E-state index in [0.29, 0.717) is 12.8 Å². The second-order valence-corrected chi connectivity index (χ2v) is 4.65. The van der Waals surface area contributed by atoms with Gasteiger partial charge in [0.25, 0.3) is 5.91 Å². The summed E-state index contributed by atoms with van der Waals surface area (Å²) < 4.78 is 4.88. The molecule has 2 rings (SSSR count). The van der Waals surface area contributed by atoms with E-state index < -0.39 is 17.3 Å². The maximum absolute atomic E-state index is 11.8. The van der Waals surface area contributed by atoms with Gasteiger partial charge in [0.2, 0.25) is 0 Å². The zero-order valence-electron chi connectivity index (χ0n) is 10.5. The molecule has 1 aromatic rings. The number of benzene rings is 1. The van der Waals surface area contributed by atoms with Gasteiger partial charge in [0, 0.05) is 12.1 Å². The molecule has 1 aromatic carbocycles. The van der Waals surface area contributed by atoms with Gasteiger partial charge in [0.05, 0.1) is 12.5 Å². The molecule has 0 aliphatic heterocycles. The van der Waals surface area contributed by atoms with E-state index in [9.17, 15) is 14.7 Å². The molecule has 102 valence electrons. The Labute approximate surface area is 110 Å². The van der Waals surface area contributed by atoms with Gasteiger partial charge >= 0.3 is 5.97 Å². The number of phenols is 1. The number of rotatable bonds is 5. The van der Waals surface area contributed by atoms with Crippen molar-refractivity contribution in [3.05, 3.63) is 23.8 Å². The van der Waals surface area contributed by atoms with Crippen molar-refractivity contribution in [3.63, 3.8) is 0 Å². The van der Waals surface area contributed by atoms with Gasteiger partial charge in [-0.05, 0) is 31.0 Å². The molecule has 1 aliphatic carbocycles. The van der Waals surface area contributed by atoms with Crippen LogP contribution in [0.3, 0.4) is 0 Å². The van der Waals surface area contributed by atoms with Crippen LogP contribution >= 0.6 is 0 Å². The lowest BCUT2D eigenvalue weighted by Crippen LogP contribution is -2.34. The molecular weight excluding hydrogens is 250 g/mol. The molecule has 6 heteroatoms. The molecule has 0 heterocycles. The maximum Gasteiger partial charge on any atom is 0.311 e. The monoisotopic (exact) mass is 265 g/mol. The van der Waals surface area contributed by atoms with Crippen LogP contribution in [-0.2, 0) is 4.79 Å². The number of carbonyl (C=O) groups is 2. The van der Waals surface area contributed by atoms with Crippen LogP contribution in [0.2, 0.25) is 0 Å². The van der Waals surface area contributed by atoms with Crippen LogP contribution in [0.4, 0.5) is 0 Å². The molecule has 0 unspecified atom stereocenters. The van der Waals surface area contributed by atoms with Gasteiger partial charge in [-0.1, -0.05) is 0 Å². The van der Waals surface area contributed by atoms with E-state index in [-0.39, 0.29) is 23.6 Å². The summed E-state index contributed by atoms with van der Waals surface area (Å²) in [6.07, 6.45) is 1.16. The minimum Gasteiger partial charge on any atom is -0.504 e. The molecule has 1 saturated carbocycles. The highest BCUT2D eigenvalue weighted by molar-refractivity contribution is 5.95. The van der Waals surface area contributed by atoms with Crippen LogP contribution in [0, 0.1) is 5.41 Å². The SMILES string of the molecule is COc1ccc(C(=O)NCC2(C(=O)O)CC2)cc1O. The van der Waals surface area contributed by atoms with Gasteiger partial charge in [0.1, 0.15) is 0 Å². The topological polar surface area (TPSA) is 95.9 Å². The van der Waals surface area contributed by atoms with Gasteiger partial charge in [-0.2, -0.15) is 0 Å². The number of carbonyl (C=O) groups excluding carboxylic acids is 1. The summed E-state index contributed by atoms with van der Waals surface area (Å²) in [7, 11) is 1.42. The van der Waals surface area contributed by atoms with E-state index in [2.05, 4.69) is 5.32 Å². The van der Waals surface area contributed by atoms with Crippen molar-refractivity contribution in [2.24, 2.45) is 5.41 Å². The van der Waals surface area contributed by atoms with E-state index in [0.717, 1.165) is 0 Å². The van der Waals surface area contributed by atoms with Crippen molar-refractivity contribution in [1.29, 1.82) is 0 Å². The first-order chi connectivity index (χ1) is 8.98. The minimum atomic E-state index is -0.884.